The summed E-state index contributed by atoms with van der Waals surface area (Å²) < 4.78 is 0. The molecule has 21 heavy (non-hydrogen) atoms. The van der Waals surface area contributed by atoms with Crippen molar-refractivity contribution in [1.29, 1.82) is 0 Å². The van der Waals surface area contributed by atoms with Crippen molar-refractivity contribution in [2.24, 2.45) is 5.73 Å². The maximum atomic E-state index is 12.4. The zero-order chi connectivity index (χ0) is 15.2. The number of hydrogen-bond acceptors (Lipinski definition) is 3. The second-order valence-electron chi connectivity index (χ2n) is 5.62. The number of hydrogen-bond donors (Lipinski definition) is 2. The summed E-state index contributed by atoms with van der Waals surface area (Å²) in [5.74, 6) is -0.650. The SMILES string of the molecule is CN1CCCCC1CNC(=O)C(C(N)=S)c1ccccc1. The first kappa shape index (κ1) is 15.9. The molecule has 0 bridgehead atoms. The van der Waals surface area contributed by atoms with Crippen LogP contribution in [0.1, 0.15) is 30.7 Å². The van der Waals surface area contributed by atoms with Gasteiger partial charge < -0.3 is 16.0 Å². The maximum Gasteiger partial charge on any atom is 0.234 e. The minimum atomic E-state index is -0.546. The van der Waals surface area contributed by atoms with E-state index in [1.165, 1.54) is 12.8 Å². The number of carbonyl (C=O) groups excluding carboxylic acids is 1. The predicted octanol–water partition coefficient (Wildman–Crippen LogP) is 1.66. The molecule has 5 heteroatoms. The molecule has 0 saturated carbocycles. The number of nitrogens with zero attached hydrogens (tertiary/aromatic N) is 1. The molecule has 114 valence electrons. The first-order valence-corrected chi connectivity index (χ1v) is 7.82. The van der Waals surface area contributed by atoms with Crippen molar-refractivity contribution in [3.05, 3.63) is 35.9 Å². The third kappa shape index (κ3) is 4.25. The van der Waals surface area contributed by atoms with Crippen LogP contribution in [0.3, 0.4) is 0 Å². The van der Waals surface area contributed by atoms with Crippen molar-refractivity contribution >= 4 is 23.1 Å². The van der Waals surface area contributed by atoms with E-state index in [1.807, 2.05) is 30.3 Å². The number of amides is 1. The Labute approximate surface area is 131 Å². The lowest BCUT2D eigenvalue weighted by molar-refractivity contribution is -0.121. The fourth-order valence-electron chi connectivity index (χ4n) is 2.81. The van der Waals surface area contributed by atoms with Gasteiger partial charge in [0.25, 0.3) is 0 Å². The van der Waals surface area contributed by atoms with Gasteiger partial charge in [-0.1, -0.05) is 49.0 Å². The molecular weight excluding hydrogens is 282 g/mol. The Balaban J connectivity index is 1.98. The molecule has 0 radical (unpaired) electrons. The van der Waals surface area contributed by atoms with Gasteiger partial charge in [-0.25, -0.2) is 0 Å². The zero-order valence-corrected chi connectivity index (χ0v) is 13.2. The Morgan fingerprint density at radius 1 is 1.43 bits per heavy atom. The van der Waals surface area contributed by atoms with E-state index in [4.69, 9.17) is 18.0 Å². The Hall–Kier alpha value is -1.46. The molecule has 3 N–H and O–H groups in total. The summed E-state index contributed by atoms with van der Waals surface area (Å²) in [6.07, 6.45) is 3.59. The van der Waals surface area contributed by atoms with Crippen LogP contribution >= 0.6 is 12.2 Å². The zero-order valence-electron chi connectivity index (χ0n) is 12.4. The molecule has 1 aliphatic rings. The van der Waals surface area contributed by atoms with Gasteiger partial charge >= 0.3 is 0 Å². The molecule has 1 aromatic rings. The third-order valence-electron chi connectivity index (χ3n) is 4.11. The summed E-state index contributed by atoms with van der Waals surface area (Å²) in [6.45, 7) is 1.75. The first-order valence-electron chi connectivity index (χ1n) is 7.42. The molecule has 2 atom stereocenters. The van der Waals surface area contributed by atoms with E-state index >= 15 is 0 Å². The molecule has 1 amide bonds. The van der Waals surface area contributed by atoms with Crippen LogP contribution in [-0.2, 0) is 4.79 Å². The van der Waals surface area contributed by atoms with E-state index in [0.29, 0.717) is 12.6 Å². The van der Waals surface area contributed by atoms with Gasteiger partial charge in [-0.2, -0.15) is 0 Å². The van der Waals surface area contributed by atoms with E-state index in [1.54, 1.807) is 0 Å². The predicted molar refractivity (Wildman–Crippen MR) is 89.2 cm³/mol. The van der Waals surface area contributed by atoms with Crippen molar-refractivity contribution in [2.75, 3.05) is 20.1 Å². The van der Waals surface area contributed by atoms with Crippen molar-refractivity contribution in [2.45, 2.75) is 31.2 Å². The quantitative estimate of drug-likeness (QED) is 0.812. The number of carbonyl (C=O) groups is 1. The van der Waals surface area contributed by atoms with Crippen LogP contribution in [0.5, 0.6) is 0 Å². The standard InChI is InChI=1S/C16H23N3OS/c1-19-10-6-5-9-13(19)11-18-16(20)14(15(17)21)12-7-3-2-4-8-12/h2-4,7-8,13-14H,5-6,9-11H2,1H3,(H2,17,21)(H,18,20). The van der Waals surface area contributed by atoms with E-state index in [0.717, 1.165) is 18.5 Å². The van der Waals surface area contributed by atoms with Crippen molar-refractivity contribution < 1.29 is 4.79 Å². The summed E-state index contributed by atoms with van der Waals surface area (Å²) in [4.78, 5) is 15.0. The second kappa shape index (κ2) is 7.52. The number of likely N-dealkylation sites (tertiary alicyclic amines) is 1. The lowest BCUT2D eigenvalue weighted by atomic mass is 9.97. The van der Waals surface area contributed by atoms with Gasteiger partial charge in [-0.3, -0.25) is 4.79 Å². The summed E-state index contributed by atoms with van der Waals surface area (Å²) >= 11 is 5.08. The summed E-state index contributed by atoms with van der Waals surface area (Å²) in [6, 6.07) is 9.87. The maximum absolute atomic E-state index is 12.4. The molecular formula is C16H23N3OS. The molecule has 2 rings (SSSR count). The van der Waals surface area contributed by atoms with E-state index in [-0.39, 0.29) is 10.9 Å². The molecule has 0 aliphatic carbocycles. The van der Waals surface area contributed by atoms with Crippen LogP contribution in [0.2, 0.25) is 0 Å². The van der Waals surface area contributed by atoms with Gasteiger partial charge in [0.2, 0.25) is 5.91 Å². The van der Waals surface area contributed by atoms with Gasteiger partial charge in [-0.15, -0.1) is 0 Å². The fraction of sp³-hybridized carbons (Fsp3) is 0.500. The smallest absolute Gasteiger partial charge is 0.234 e. The van der Waals surface area contributed by atoms with Crippen LogP contribution in [0.15, 0.2) is 30.3 Å². The molecule has 1 heterocycles. The average Bonchev–Trinajstić information content (AvgIpc) is 2.47. The molecule has 1 aliphatic heterocycles. The minimum Gasteiger partial charge on any atom is -0.392 e. The number of rotatable bonds is 5. The van der Waals surface area contributed by atoms with Crippen LogP contribution in [-0.4, -0.2) is 42.0 Å². The number of thiocarbonyl (C=S) groups is 1. The monoisotopic (exact) mass is 305 g/mol. The normalized spacial score (nSPS) is 20.7. The largest absolute Gasteiger partial charge is 0.392 e. The Morgan fingerprint density at radius 3 is 2.76 bits per heavy atom. The molecule has 1 saturated heterocycles. The third-order valence-corrected chi connectivity index (χ3v) is 4.35. The number of likely N-dealkylation sites (N-methyl/N-ethyl adjacent to an activating group) is 1. The molecule has 4 nitrogen and oxygen atoms in total. The van der Waals surface area contributed by atoms with Gasteiger partial charge in [0.15, 0.2) is 0 Å². The van der Waals surface area contributed by atoms with E-state index in [2.05, 4.69) is 17.3 Å². The van der Waals surface area contributed by atoms with Crippen LogP contribution in [0, 0.1) is 0 Å². The minimum absolute atomic E-state index is 0.104. The fourth-order valence-corrected chi connectivity index (χ4v) is 3.06. The highest BCUT2D eigenvalue weighted by Gasteiger charge is 2.25. The highest BCUT2D eigenvalue weighted by atomic mass is 32.1. The number of piperidine rings is 1. The molecule has 1 fully saturated rings. The summed E-state index contributed by atoms with van der Waals surface area (Å²) in [5, 5.41) is 3.01. The molecule has 0 aromatic heterocycles. The second-order valence-corrected chi connectivity index (χ2v) is 6.09. The van der Waals surface area contributed by atoms with Crippen LogP contribution < -0.4 is 11.1 Å². The molecule has 0 spiro atoms. The lowest BCUT2D eigenvalue weighted by Gasteiger charge is -2.32. The Kier molecular flexibility index (Phi) is 5.70. The highest BCUT2D eigenvalue weighted by Crippen LogP contribution is 2.17. The Morgan fingerprint density at radius 2 is 2.14 bits per heavy atom. The number of benzene rings is 1. The Bertz CT molecular complexity index is 492. The summed E-state index contributed by atoms with van der Waals surface area (Å²) in [5.41, 5.74) is 6.61. The van der Waals surface area contributed by atoms with Gasteiger partial charge in [0, 0.05) is 12.6 Å². The van der Waals surface area contributed by atoms with E-state index < -0.39 is 5.92 Å². The van der Waals surface area contributed by atoms with E-state index in [9.17, 15) is 4.79 Å². The van der Waals surface area contributed by atoms with Crippen LogP contribution in [0.25, 0.3) is 0 Å². The topological polar surface area (TPSA) is 58.4 Å². The first-order chi connectivity index (χ1) is 10.1. The van der Waals surface area contributed by atoms with Crippen LogP contribution in [0.4, 0.5) is 0 Å². The molecule has 1 aromatic carbocycles. The number of nitrogens with two attached hydrogens (primary N) is 1. The molecule has 2 unspecified atom stereocenters. The van der Waals surface area contributed by atoms with Gasteiger partial charge in [-0.05, 0) is 32.0 Å². The van der Waals surface area contributed by atoms with Crippen molar-refractivity contribution in [3.63, 3.8) is 0 Å². The highest BCUT2D eigenvalue weighted by molar-refractivity contribution is 7.80. The number of nitrogens with one attached hydrogen (secondary N) is 1. The van der Waals surface area contributed by atoms with Gasteiger partial charge in [0.05, 0.1) is 4.99 Å². The van der Waals surface area contributed by atoms with Crippen molar-refractivity contribution in [1.82, 2.24) is 10.2 Å². The summed E-state index contributed by atoms with van der Waals surface area (Å²) in [7, 11) is 2.11. The average molecular weight is 305 g/mol. The lowest BCUT2D eigenvalue weighted by Crippen LogP contribution is -2.46. The van der Waals surface area contributed by atoms with Gasteiger partial charge in [0.1, 0.15) is 5.92 Å². The van der Waals surface area contributed by atoms with Crippen molar-refractivity contribution in [3.8, 4) is 0 Å².